The first-order chi connectivity index (χ1) is 9.31. The second-order valence-electron chi connectivity index (χ2n) is 5.01. The number of urea groups is 1. The van der Waals surface area contributed by atoms with E-state index >= 15 is 0 Å². The van der Waals surface area contributed by atoms with Crippen LogP contribution in [0.15, 0.2) is 24.3 Å². The summed E-state index contributed by atoms with van der Waals surface area (Å²) in [5.41, 5.74) is 1.92. The van der Waals surface area contributed by atoms with Gasteiger partial charge in [-0.25, -0.2) is 9.78 Å². The third-order valence-corrected chi connectivity index (χ3v) is 3.55. The molecule has 1 saturated carbocycles. The fourth-order valence-corrected chi connectivity index (χ4v) is 2.56. The number of aromatic nitrogens is 2. The normalized spacial score (nSPS) is 15.8. The minimum Gasteiger partial charge on any atom is -0.340 e. The van der Waals surface area contributed by atoms with Crippen LogP contribution >= 0.6 is 0 Å². The van der Waals surface area contributed by atoms with E-state index in [9.17, 15) is 4.79 Å². The Morgan fingerprint density at radius 1 is 1.32 bits per heavy atom. The summed E-state index contributed by atoms with van der Waals surface area (Å²) in [4.78, 5) is 19.3. The Labute approximate surface area is 111 Å². The summed E-state index contributed by atoms with van der Waals surface area (Å²) in [5.74, 6) is 0.780. The number of rotatable bonds is 3. The fraction of sp³-hybridized carbons (Fsp3) is 0.429. The lowest BCUT2D eigenvalue weighted by atomic mass is 10.2. The Kier molecular flexibility index (Phi) is 3.35. The van der Waals surface area contributed by atoms with E-state index in [0.29, 0.717) is 12.6 Å². The predicted octanol–water partition coefficient (Wildman–Crippen LogP) is 2.30. The molecule has 19 heavy (non-hydrogen) atoms. The average Bonchev–Trinajstić information content (AvgIpc) is 3.04. The lowest BCUT2D eigenvalue weighted by Gasteiger charge is -2.12. The molecule has 1 aliphatic carbocycles. The van der Waals surface area contributed by atoms with Gasteiger partial charge in [0.1, 0.15) is 5.82 Å². The SMILES string of the molecule is O=C(NCc1nc2ccccc2[nH]1)NC1CCCC1. The van der Waals surface area contributed by atoms with Crippen LogP contribution in [0.5, 0.6) is 0 Å². The predicted molar refractivity (Wildman–Crippen MR) is 73.7 cm³/mol. The number of amides is 2. The number of carbonyl (C=O) groups is 1. The molecule has 0 bridgehead atoms. The number of nitrogens with one attached hydrogen (secondary N) is 3. The van der Waals surface area contributed by atoms with Gasteiger partial charge in [-0.2, -0.15) is 0 Å². The molecule has 0 atom stereocenters. The molecule has 1 aromatic heterocycles. The van der Waals surface area contributed by atoms with E-state index in [1.807, 2.05) is 24.3 Å². The highest BCUT2D eigenvalue weighted by Crippen LogP contribution is 2.17. The maximum absolute atomic E-state index is 11.7. The zero-order valence-corrected chi connectivity index (χ0v) is 10.8. The molecule has 3 rings (SSSR count). The van der Waals surface area contributed by atoms with Crippen molar-refractivity contribution in [3.63, 3.8) is 0 Å². The third kappa shape index (κ3) is 2.86. The molecule has 0 saturated heterocycles. The molecule has 2 aromatic rings. The first-order valence-corrected chi connectivity index (χ1v) is 6.79. The van der Waals surface area contributed by atoms with Gasteiger partial charge in [-0.05, 0) is 25.0 Å². The topological polar surface area (TPSA) is 69.8 Å². The second kappa shape index (κ2) is 5.30. The van der Waals surface area contributed by atoms with E-state index in [1.54, 1.807) is 0 Å². The van der Waals surface area contributed by atoms with Crippen molar-refractivity contribution < 1.29 is 4.79 Å². The van der Waals surface area contributed by atoms with E-state index in [4.69, 9.17) is 0 Å². The number of hydrogen-bond donors (Lipinski definition) is 3. The van der Waals surface area contributed by atoms with Gasteiger partial charge < -0.3 is 15.6 Å². The van der Waals surface area contributed by atoms with E-state index < -0.39 is 0 Å². The lowest BCUT2D eigenvalue weighted by Crippen LogP contribution is -2.40. The van der Waals surface area contributed by atoms with Gasteiger partial charge >= 0.3 is 6.03 Å². The van der Waals surface area contributed by atoms with Crippen LogP contribution in [0.3, 0.4) is 0 Å². The monoisotopic (exact) mass is 258 g/mol. The average molecular weight is 258 g/mol. The number of fused-ring (bicyclic) bond motifs is 1. The molecule has 1 aromatic carbocycles. The molecular formula is C14H18N4O. The molecule has 5 nitrogen and oxygen atoms in total. The lowest BCUT2D eigenvalue weighted by molar-refractivity contribution is 0.236. The van der Waals surface area contributed by atoms with Crippen molar-refractivity contribution in [2.45, 2.75) is 38.3 Å². The minimum atomic E-state index is -0.104. The molecule has 0 unspecified atom stereocenters. The van der Waals surface area contributed by atoms with E-state index in [0.717, 1.165) is 29.7 Å². The van der Waals surface area contributed by atoms with Crippen molar-refractivity contribution in [1.29, 1.82) is 0 Å². The van der Waals surface area contributed by atoms with Crippen LogP contribution in [0.1, 0.15) is 31.5 Å². The van der Waals surface area contributed by atoms with Gasteiger partial charge in [-0.15, -0.1) is 0 Å². The molecule has 3 N–H and O–H groups in total. The van der Waals surface area contributed by atoms with Crippen molar-refractivity contribution in [2.75, 3.05) is 0 Å². The van der Waals surface area contributed by atoms with Gasteiger partial charge in [0.05, 0.1) is 17.6 Å². The number of carbonyl (C=O) groups excluding carboxylic acids is 1. The van der Waals surface area contributed by atoms with Crippen LogP contribution in [0.25, 0.3) is 11.0 Å². The largest absolute Gasteiger partial charge is 0.340 e. The number of imidazole rings is 1. The van der Waals surface area contributed by atoms with Crippen molar-refractivity contribution >= 4 is 17.1 Å². The molecule has 100 valence electrons. The number of H-pyrrole nitrogens is 1. The molecule has 1 fully saturated rings. The van der Waals surface area contributed by atoms with Gasteiger partial charge in [0, 0.05) is 6.04 Å². The second-order valence-corrected chi connectivity index (χ2v) is 5.01. The van der Waals surface area contributed by atoms with Crippen molar-refractivity contribution in [1.82, 2.24) is 20.6 Å². The van der Waals surface area contributed by atoms with Crippen molar-refractivity contribution in [2.24, 2.45) is 0 Å². The Balaban J connectivity index is 1.54. The Morgan fingerprint density at radius 2 is 2.11 bits per heavy atom. The first-order valence-electron chi connectivity index (χ1n) is 6.79. The van der Waals surface area contributed by atoms with E-state index in [2.05, 4.69) is 20.6 Å². The quantitative estimate of drug-likeness (QED) is 0.790. The summed E-state index contributed by atoms with van der Waals surface area (Å²) in [6.07, 6.45) is 4.62. The molecule has 0 radical (unpaired) electrons. The minimum absolute atomic E-state index is 0.104. The number of benzene rings is 1. The van der Waals surface area contributed by atoms with Gasteiger partial charge in [-0.1, -0.05) is 25.0 Å². The zero-order chi connectivity index (χ0) is 13.1. The summed E-state index contributed by atoms with van der Waals surface area (Å²) >= 11 is 0. The van der Waals surface area contributed by atoms with Crippen molar-refractivity contribution in [3.8, 4) is 0 Å². The first kappa shape index (κ1) is 12.0. The highest BCUT2D eigenvalue weighted by Gasteiger charge is 2.16. The van der Waals surface area contributed by atoms with Crippen LogP contribution in [0.4, 0.5) is 4.79 Å². The Hall–Kier alpha value is -2.04. The van der Waals surface area contributed by atoms with Gasteiger partial charge in [-0.3, -0.25) is 0 Å². The number of nitrogens with zero attached hydrogens (tertiary/aromatic N) is 1. The smallest absolute Gasteiger partial charge is 0.315 e. The zero-order valence-electron chi connectivity index (χ0n) is 10.8. The van der Waals surface area contributed by atoms with Gasteiger partial charge in [0.15, 0.2) is 0 Å². The number of aromatic amines is 1. The third-order valence-electron chi connectivity index (χ3n) is 3.55. The molecule has 5 heteroatoms. The fourth-order valence-electron chi connectivity index (χ4n) is 2.56. The summed E-state index contributed by atoms with van der Waals surface area (Å²) in [6, 6.07) is 8.08. The molecular weight excluding hydrogens is 240 g/mol. The Morgan fingerprint density at radius 3 is 2.89 bits per heavy atom. The van der Waals surface area contributed by atoms with Crippen LogP contribution in [-0.4, -0.2) is 22.0 Å². The maximum atomic E-state index is 11.7. The van der Waals surface area contributed by atoms with Crippen LogP contribution in [-0.2, 0) is 6.54 Å². The van der Waals surface area contributed by atoms with Crippen molar-refractivity contribution in [3.05, 3.63) is 30.1 Å². The molecule has 0 spiro atoms. The highest BCUT2D eigenvalue weighted by atomic mass is 16.2. The maximum Gasteiger partial charge on any atom is 0.315 e. The summed E-state index contributed by atoms with van der Waals surface area (Å²) < 4.78 is 0. The molecule has 1 aliphatic rings. The number of hydrogen-bond acceptors (Lipinski definition) is 2. The van der Waals surface area contributed by atoms with Crippen LogP contribution in [0, 0.1) is 0 Å². The Bertz CT molecular complexity index is 539. The van der Waals surface area contributed by atoms with Crippen LogP contribution in [0.2, 0.25) is 0 Å². The summed E-state index contributed by atoms with van der Waals surface area (Å²) in [7, 11) is 0. The van der Waals surface area contributed by atoms with Gasteiger partial charge in [0.25, 0.3) is 0 Å². The van der Waals surface area contributed by atoms with Crippen LogP contribution < -0.4 is 10.6 Å². The standard InChI is InChI=1S/C14H18N4O/c19-14(16-10-5-1-2-6-10)15-9-13-17-11-7-3-4-8-12(11)18-13/h3-4,7-8,10H,1-2,5-6,9H2,(H,17,18)(H2,15,16,19). The molecule has 0 aliphatic heterocycles. The molecule has 1 heterocycles. The number of para-hydroxylation sites is 2. The van der Waals surface area contributed by atoms with Gasteiger partial charge in [0.2, 0.25) is 0 Å². The highest BCUT2D eigenvalue weighted by molar-refractivity contribution is 5.76. The summed E-state index contributed by atoms with van der Waals surface area (Å²) in [5, 5.41) is 5.83. The van der Waals surface area contributed by atoms with E-state index in [-0.39, 0.29) is 6.03 Å². The molecule has 2 amide bonds. The van der Waals surface area contributed by atoms with E-state index in [1.165, 1.54) is 12.8 Å². The summed E-state index contributed by atoms with van der Waals surface area (Å²) in [6.45, 7) is 0.424.